The van der Waals surface area contributed by atoms with Crippen molar-refractivity contribution in [3.8, 4) is 0 Å². The average molecular weight is 430 g/mol. The third-order valence-electron chi connectivity index (χ3n) is 4.17. The molecule has 0 aliphatic heterocycles. The van der Waals surface area contributed by atoms with Gasteiger partial charge in [-0.1, -0.05) is 70.5 Å². The molecule has 0 radical (unpaired) electrons. The summed E-state index contributed by atoms with van der Waals surface area (Å²) in [6.07, 6.45) is 3.60. The van der Waals surface area contributed by atoms with Crippen molar-refractivity contribution in [2.45, 2.75) is 4.90 Å². The van der Waals surface area contributed by atoms with Crippen molar-refractivity contribution >= 4 is 48.3 Å². The number of nitrogens with zero attached hydrogens (tertiary/aromatic N) is 1. The first-order valence-electron chi connectivity index (χ1n) is 8.22. The number of halogens is 1. The van der Waals surface area contributed by atoms with Crippen molar-refractivity contribution in [2.24, 2.45) is 0 Å². The predicted octanol–water partition coefficient (Wildman–Crippen LogP) is 5.16. The molecule has 0 aromatic heterocycles. The fourth-order valence-corrected chi connectivity index (χ4v) is 4.56. The molecule has 0 fully saturated rings. The van der Waals surface area contributed by atoms with Gasteiger partial charge in [-0.2, -0.15) is 0 Å². The zero-order valence-electron chi connectivity index (χ0n) is 14.7. The topological polar surface area (TPSA) is 37.4 Å². The first-order chi connectivity index (χ1) is 12.4. The van der Waals surface area contributed by atoms with Crippen LogP contribution in [0.3, 0.4) is 0 Å². The summed E-state index contributed by atoms with van der Waals surface area (Å²) >= 11 is 3.40. The van der Waals surface area contributed by atoms with Crippen molar-refractivity contribution < 1.29 is 8.42 Å². The standard InChI is InChI=1S/C21H20BrNO2S/c1-23(2)19-13-18(22)14-20(15-19)26(24,25)12-6-10-17-9-5-8-16-7-3-4-11-21(16)17/h3-11,13-15H,12H2,1-2H3. The largest absolute Gasteiger partial charge is 0.378 e. The summed E-state index contributed by atoms with van der Waals surface area (Å²) in [4.78, 5) is 2.20. The van der Waals surface area contributed by atoms with Crippen LogP contribution in [0, 0.1) is 0 Å². The van der Waals surface area contributed by atoms with Crippen LogP contribution >= 0.6 is 15.9 Å². The van der Waals surface area contributed by atoms with Crippen molar-refractivity contribution in [1.82, 2.24) is 0 Å². The smallest absolute Gasteiger partial charge is 0.182 e. The van der Waals surface area contributed by atoms with Gasteiger partial charge in [0.25, 0.3) is 0 Å². The zero-order chi connectivity index (χ0) is 18.7. The van der Waals surface area contributed by atoms with Crippen LogP contribution in [0.15, 0.2) is 76.1 Å². The number of rotatable bonds is 5. The highest BCUT2D eigenvalue weighted by Gasteiger charge is 2.15. The first kappa shape index (κ1) is 18.7. The average Bonchev–Trinajstić information content (AvgIpc) is 2.61. The normalized spacial score (nSPS) is 12.0. The van der Waals surface area contributed by atoms with Gasteiger partial charge in [-0.3, -0.25) is 0 Å². The maximum absolute atomic E-state index is 12.7. The van der Waals surface area contributed by atoms with Crippen molar-refractivity contribution in [3.63, 3.8) is 0 Å². The van der Waals surface area contributed by atoms with Gasteiger partial charge in [0.1, 0.15) is 0 Å². The van der Waals surface area contributed by atoms with E-state index in [1.807, 2.05) is 73.6 Å². The van der Waals surface area contributed by atoms with E-state index in [9.17, 15) is 8.42 Å². The minimum Gasteiger partial charge on any atom is -0.378 e. The minimum absolute atomic E-state index is 0.0421. The summed E-state index contributed by atoms with van der Waals surface area (Å²) in [6, 6.07) is 19.3. The van der Waals surface area contributed by atoms with E-state index in [2.05, 4.69) is 15.9 Å². The van der Waals surface area contributed by atoms with Gasteiger partial charge in [-0.25, -0.2) is 8.42 Å². The minimum atomic E-state index is -3.41. The highest BCUT2D eigenvalue weighted by molar-refractivity contribution is 9.10. The molecule has 0 spiro atoms. The molecule has 3 rings (SSSR count). The van der Waals surface area contributed by atoms with E-state index in [4.69, 9.17) is 0 Å². The second kappa shape index (κ2) is 7.64. The Morgan fingerprint density at radius 1 is 1.00 bits per heavy atom. The molecule has 0 aliphatic rings. The summed E-state index contributed by atoms with van der Waals surface area (Å²) in [7, 11) is 0.369. The summed E-state index contributed by atoms with van der Waals surface area (Å²) in [5.74, 6) is -0.0421. The van der Waals surface area contributed by atoms with Crippen molar-refractivity contribution in [3.05, 3.63) is 76.8 Å². The summed E-state index contributed by atoms with van der Waals surface area (Å²) in [6.45, 7) is 0. The molecule has 0 amide bonds. The van der Waals surface area contributed by atoms with Gasteiger partial charge in [0.05, 0.1) is 10.6 Å². The van der Waals surface area contributed by atoms with Gasteiger partial charge >= 0.3 is 0 Å². The molecule has 0 unspecified atom stereocenters. The predicted molar refractivity (Wildman–Crippen MR) is 114 cm³/mol. The highest BCUT2D eigenvalue weighted by atomic mass is 79.9. The third-order valence-corrected chi connectivity index (χ3v) is 6.21. The lowest BCUT2D eigenvalue weighted by molar-refractivity contribution is 0.599. The Morgan fingerprint density at radius 3 is 2.50 bits per heavy atom. The quantitative estimate of drug-likeness (QED) is 0.562. The van der Waals surface area contributed by atoms with Crippen LogP contribution < -0.4 is 4.90 Å². The highest BCUT2D eigenvalue weighted by Crippen LogP contribution is 2.25. The molecule has 0 saturated heterocycles. The molecule has 0 saturated carbocycles. The lowest BCUT2D eigenvalue weighted by atomic mass is 10.0. The van der Waals surface area contributed by atoms with Gasteiger partial charge in [-0.15, -0.1) is 0 Å². The Kier molecular flexibility index (Phi) is 5.49. The molecular formula is C21H20BrNO2S. The molecule has 26 heavy (non-hydrogen) atoms. The van der Waals surface area contributed by atoms with E-state index >= 15 is 0 Å². The van der Waals surface area contributed by atoms with E-state index in [1.165, 1.54) is 0 Å². The van der Waals surface area contributed by atoms with E-state index in [0.29, 0.717) is 4.90 Å². The Labute approximate surface area is 163 Å². The van der Waals surface area contributed by atoms with Crippen LogP contribution in [0.4, 0.5) is 5.69 Å². The molecule has 0 aliphatic carbocycles. The lowest BCUT2D eigenvalue weighted by Gasteiger charge is -2.14. The Hall–Kier alpha value is -2.11. The fraction of sp³-hybridized carbons (Fsp3) is 0.143. The van der Waals surface area contributed by atoms with Crippen molar-refractivity contribution in [2.75, 3.05) is 24.7 Å². The number of hydrogen-bond donors (Lipinski definition) is 0. The molecule has 3 aromatic rings. The summed E-state index contributed by atoms with van der Waals surface area (Å²) in [5.41, 5.74) is 1.86. The summed E-state index contributed by atoms with van der Waals surface area (Å²) in [5, 5.41) is 2.25. The zero-order valence-corrected chi connectivity index (χ0v) is 17.1. The van der Waals surface area contributed by atoms with Crippen LogP contribution in [0.2, 0.25) is 0 Å². The van der Waals surface area contributed by atoms with Gasteiger partial charge in [-0.05, 0) is 34.5 Å². The second-order valence-electron chi connectivity index (χ2n) is 6.29. The third kappa shape index (κ3) is 4.17. The monoisotopic (exact) mass is 429 g/mol. The molecule has 134 valence electrons. The van der Waals surface area contributed by atoms with Crippen LogP contribution in [0.25, 0.3) is 16.8 Å². The van der Waals surface area contributed by atoms with Crippen LogP contribution in [-0.2, 0) is 9.84 Å². The van der Waals surface area contributed by atoms with Crippen molar-refractivity contribution in [1.29, 1.82) is 0 Å². The number of benzene rings is 3. The number of hydrogen-bond acceptors (Lipinski definition) is 3. The maximum atomic E-state index is 12.7. The molecular weight excluding hydrogens is 410 g/mol. The number of sulfone groups is 1. The van der Waals surface area contributed by atoms with E-state index in [0.717, 1.165) is 26.5 Å². The molecule has 0 heterocycles. The fourth-order valence-electron chi connectivity index (χ4n) is 2.78. The number of fused-ring (bicyclic) bond motifs is 1. The molecule has 0 bridgehead atoms. The molecule has 3 aromatic carbocycles. The molecule has 0 atom stereocenters. The Morgan fingerprint density at radius 2 is 1.73 bits per heavy atom. The van der Waals surface area contributed by atoms with Crippen LogP contribution in [0.5, 0.6) is 0 Å². The number of anilines is 1. The van der Waals surface area contributed by atoms with Crippen LogP contribution in [-0.4, -0.2) is 28.3 Å². The Bertz CT molecular complexity index is 1070. The van der Waals surface area contributed by atoms with E-state index in [-0.39, 0.29) is 5.75 Å². The molecule has 0 N–H and O–H groups in total. The van der Waals surface area contributed by atoms with Crippen LogP contribution in [0.1, 0.15) is 5.56 Å². The van der Waals surface area contributed by atoms with Gasteiger partial charge in [0, 0.05) is 24.3 Å². The first-order valence-corrected chi connectivity index (χ1v) is 10.7. The lowest BCUT2D eigenvalue weighted by Crippen LogP contribution is -2.11. The van der Waals surface area contributed by atoms with Gasteiger partial charge in [0.15, 0.2) is 9.84 Å². The van der Waals surface area contributed by atoms with Gasteiger partial charge in [0.2, 0.25) is 0 Å². The van der Waals surface area contributed by atoms with E-state index < -0.39 is 9.84 Å². The van der Waals surface area contributed by atoms with E-state index in [1.54, 1.807) is 18.2 Å². The molecule has 5 heteroatoms. The molecule has 3 nitrogen and oxygen atoms in total. The van der Waals surface area contributed by atoms with Gasteiger partial charge < -0.3 is 4.90 Å². The second-order valence-corrected chi connectivity index (χ2v) is 9.24. The maximum Gasteiger partial charge on any atom is 0.182 e. The summed E-state index contributed by atoms with van der Waals surface area (Å²) < 4.78 is 26.2. The SMILES string of the molecule is CN(C)c1cc(Br)cc(S(=O)(=O)CC=Cc2cccc3ccccc23)c1. The Balaban J connectivity index is 1.87.